The zero-order valence-corrected chi connectivity index (χ0v) is 9.22. The minimum atomic E-state index is 0.148. The molecule has 0 aliphatic rings. The number of hydrogen-bond acceptors (Lipinski definition) is 2. The van der Waals surface area contributed by atoms with Crippen molar-refractivity contribution in [3.05, 3.63) is 0 Å². The van der Waals surface area contributed by atoms with Crippen molar-refractivity contribution in [2.24, 2.45) is 11.7 Å². The van der Waals surface area contributed by atoms with Crippen molar-refractivity contribution in [3.8, 4) is 0 Å². The van der Waals surface area contributed by atoms with Crippen LogP contribution in [0.15, 0.2) is 0 Å². The van der Waals surface area contributed by atoms with Crippen LogP contribution >= 0.6 is 0 Å². The van der Waals surface area contributed by atoms with Gasteiger partial charge in [-0.05, 0) is 39.8 Å². The molecule has 0 aromatic rings. The van der Waals surface area contributed by atoms with Crippen LogP contribution in [0.3, 0.4) is 0 Å². The Bertz CT molecular complexity index is 119. The molecule has 74 valence electrons. The molecule has 0 unspecified atom stereocenters. The van der Waals surface area contributed by atoms with Gasteiger partial charge in [-0.25, -0.2) is 0 Å². The first-order chi connectivity index (χ1) is 5.40. The zero-order chi connectivity index (χ0) is 9.78. The molecule has 0 aromatic carbocycles. The third-order valence-corrected chi connectivity index (χ3v) is 2.57. The van der Waals surface area contributed by atoms with E-state index in [4.69, 9.17) is 5.73 Å². The number of hydrogen-bond donors (Lipinski definition) is 1. The lowest BCUT2D eigenvalue weighted by molar-refractivity contribution is 0.156. The molecule has 0 saturated heterocycles. The van der Waals surface area contributed by atoms with Gasteiger partial charge in [0, 0.05) is 12.1 Å². The first-order valence-corrected chi connectivity index (χ1v) is 4.81. The highest BCUT2D eigenvalue weighted by Crippen LogP contribution is 2.12. The average molecular weight is 172 g/mol. The molecule has 0 aliphatic heterocycles. The molecule has 2 N–H and O–H groups in total. The largest absolute Gasteiger partial charge is 0.329 e. The summed E-state index contributed by atoms with van der Waals surface area (Å²) in [6.45, 7) is 10.7. The highest BCUT2D eigenvalue weighted by molar-refractivity contribution is 4.79. The molecule has 0 atom stereocenters. The van der Waals surface area contributed by atoms with E-state index in [1.165, 1.54) is 6.42 Å². The molecule has 0 heterocycles. The second-order valence-corrected chi connectivity index (χ2v) is 4.62. The first kappa shape index (κ1) is 11.9. The van der Waals surface area contributed by atoms with Crippen LogP contribution in [0, 0.1) is 5.92 Å². The van der Waals surface area contributed by atoms with Crippen molar-refractivity contribution in [1.29, 1.82) is 0 Å². The number of likely N-dealkylation sites (N-methyl/N-ethyl adjacent to an activating group) is 1. The lowest BCUT2D eigenvalue weighted by Gasteiger charge is -2.34. The third kappa shape index (κ3) is 4.07. The Hall–Kier alpha value is -0.0800. The van der Waals surface area contributed by atoms with E-state index in [0.717, 1.165) is 19.0 Å². The molecule has 0 spiro atoms. The molecule has 0 radical (unpaired) electrons. The molecule has 0 fully saturated rings. The van der Waals surface area contributed by atoms with Gasteiger partial charge in [-0.3, -0.25) is 4.90 Å². The van der Waals surface area contributed by atoms with Crippen molar-refractivity contribution in [2.45, 2.75) is 39.7 Å². The van der Waals surface area contributed by atoms with Crippen molar-refractivity contribution in [1.82, 2.24) is 4.90 Å². The van der Waals surface area contributed by atoms with Crippen LogP contribution in [-0.4, -0.2) is 30.6 Å². The van der Waals surface area contributed by atoms with Crippen molar-refractivity contribution < 1.29 is 0 Å². The van der Waals surface area contributed by atoms with Gasteiger partial charge >= 0.3 is 0 Å². The van der Waals surface area contributed by atoms with Crippen LogP contribution in [0.1, 0.15) is 34.1 Å². The SMILES string of the molecule is CC(C)CCN(C)C(C)(C)CN. The van der Waals surface area contributed by atoms with E-state index >= 15 is 0 Å². The van der Waals surface area contributed by atoms with Gasteiger partial charge in [0.15, 0.2) is 0 Å². The van der Waals surface area contributed by atoms with Gasteiger partial charge < -0.3 is 5.73 Å². The summed E-state index contributed by atoms with van der Waals surface area (Å²) in [7, 11) is 2.15. The number of nitrogens with two attached hydrogens (primary N) is 1. The summed E-state index contributed by atoms with van der Waals surface area (Å²) in [5, 5.41) is 0. The maximum Gasteiger partial charge on any atom is 0.0272 e. The lowest BCUT2D eigenvalue weighted by atomic mass is 10.0. The van der Waals surface area contributed by atoms with E-state index in [1.54, 1.807) is 0 Å². The fourth-order valence-electron chi connectivity index (χ4n) is 0.910. The van der Waals surface area contributed by atoms with Gasteiger partial charge in [0.1, 0.15) is 0 Å². The normalized spacial score (nSPS) is 13.0. The molecular weight excluding hydrogens is 148 g/mol. The Morgan fingerprint density at radius 2 is 1.83 bits per heavy atom. The Labute approximate surface area is 77.1 Å². The standard InChI is InChI=1S/C10H24N2/c1-9(2)6-7-12(5)10(3,4)8-11/h9H,6-8,11H2,1-5H3. The van der Waals surface area contributed by atoms with Gasteiger partial charge in [0.05, 0.1) is 0 Å². The van der Waals surface area contributed by atoms with Crippen molar-refractivity contribution in [3.63, 3.8) is 0 Å². The molecule has 0 aliphatic carbocycles. The van der Waals surface area contributed by atoms with Crippen LogP contribution in [0.5, 0.6) is 0 Å². The molecule has 0 saturated carbocycles. The van der Waals surface area contributed by atoms with Gasteiger partial charge in [-0.15, -0.1) is 0 Å². The van der Waals surface area contributed by atoms with Crippen LogP contribution in [0.4, 0.5) is 0 Å². The van der Waals surface area contributed by atoms with Crippen LogP contribution in [0.2, 0.25) is 0 Å². The van der Waals surface area contributed by atoms with E-state index in [2.05, 4.69) is 39.6 Å². The second kappa shape index (κ2) is 4.83. The highest BCUT2D eigenvalue weighted by Gasteiger charge is 2.20. The average Bonchev–Trinajstić information content (AvgIpc) is 2.00. The molecular formula is C10H24N2. The van der Waals surface area contributed by atoms with Crippen LogP contribution in [0.25, 0.3) is 0 Å². The van der Waals surface area contributed by atoms with Gasteiger partial charge in [0.25, 0.3) is 0 Å². The predicted octanol–water partition coefficient (Wildman–Crippen LogP) is 1.70. The Kier molecular flexibility index (Phi) is 4.80. The van der Waals surface area contributed by atoms with E-state index in [-0.39, 0.29) is 5.54 Å². The quantitative estimate of drug-likeness (QED) is 0.684. The number of rotatable bonds is 5. The molecule has 0 rings (SSSR count). The van der Waals surface area contributed by atoms with E-state index < -0.39 is 0 Å². The van der Waals surface area contributed by atoms with Crippen LogP contribution in [-0.2, 0) is 0 Å². The first-order valence-electron chi connectivity index (χ1n) is 4.81. The molecule has 0 amide bonds. The maximum absolute atomic E-state index is 5.67. The topological polar surface area (TPSA) is 29.3 Å². The predicted molar refractivity (Wildman–Crippen MR) is 55.2 cm³/mol. The number of nitrogens with zero attached hydrogens (tertiary/aromatic N) is 1. The molecule has 12 heavy (non-hydrogen) atoms. The fraction of sp³-hybridized carbons (Fsp3) is 1.00. The maximum atomic E-state index is 5.67. The van der Waals surface area contributed by atoms with E-state index in [1.807, 2.05) is 0 Å². The fourth-order valence-corrected chi connectivity index (χ4v) is 0.910. The summed E-state index contributed by atoms with van der Waals surface area (Å²) in [6, 6.07) is 0. The van der Waals surface area contributed by atoms with E-state index in [0.29, 0.717) is 0 Å². The minimum Gasteiger partial charge on any atom is -0.329 e. The second-order valence-electron chi connectivity index (χ2n) is 4.62. The smallest absolute Gasteiger partial charge is 0.0272 e. The van der Waals surface area contributed by atoms with Gasteiger partial charge in [-0.1, -0.05) is 13.8 Å². The van der Waals surface area contributed by atoms with Gasteiger partial charge in [-0.2, -0.15) is 0 Å². The summed E-state index contributed by atoms with van der Waals surface area (Å²) in [4.78, 5) is 2.34. The Balaban J connectivity index is 3.78. The van der Waals surface area contributed by atoms with E-state index in [9.17, 15) is 0 Å². The summed E-state index contributed by atoms with van der Waals surface area (Å²) >= 11 is 0. The van der Waals surface area contributed by atoms with Crippen molar-refractivity contribution in [2.75, 3.05) is 20.1 Å². The zero-order valence-electron chi connectivity index (χ0n) is 9.22. The minimum absolute atomic E-state index is 0.148. The summed E-state index contributed by atoms with van der Waals surface area (Å²) < 4.78 is 0. The third-order valence-electron chi connectivity index (χ3n) is 2.57. The molecule has 0 bridgehead atoms. The summed E-state index contributed by atoms with van der Waals surface area (Å²) in [5.41, 5.74) is 5.82. The van der Waals surface area contributed by atoms with Crippen molar-refractivity contribution >= 4 is 0 Å². The lowest BCUT2D eigenvalue weighted by Crippen LogP contribution is -2.47. The van der Waals surface area contributed by atoms with Crippen LogP contribution < -0.4 is 5.73 Å². The molecule has 2 heteroatoms. The summed E-state index contributed by atoms with van der Waals surface area (Å²) in [6.07, 6.45) is 1.25. The van der Waals surface area contributed by atoms with Gasteiger partial charge in [0.2, 0.25) is 0 Å². The molecule has 0 aromatic heterocycles. The molecule has 2 nitrogen and oxygen atoms in total. The highest BCUT2D eigenvalue weighted by atomic mass is 15.2. The monoisotopic (exact) mass is 172 g/mol. The Morgan fingerprint density at radius 3 is 2.17 bits per heavy atom. The Morgan fingerprint density at radius 1 is 1.33 bits per heavy atom. The summed E-state index contributed by atoms with van der Waals surface area (Å²) in [5.74, 6) is 0.779.